The number of hydrogen-bond acceptors (Lipinski definition) is 7. The van der Waals surface area contributed by atoms with E-state index < -0.39 is 5.79 Å². The van der Waals surface area contributed by atoms with Gasteiger partial charge in [-0.2, -0.15) is 0 Å². The number of aromatic amines is 1. The van der Waals surface area contributed by atoms with Gasteiger partial charge < -0.3 is 24.7 Å². The zero-order valence-corrected chi connectivity index (χ0v) is 25.2. The first kappa shape index (κ1) is 28.3. The summed E-state index contributed by atoms with van der Waals surface area (Å²) in [4.78, 5) is 34.3. The van der Waals surface area contributed by atoms with E-state index in [9.17, 15) is 9.59 Å². The number of thioether (sulfide) groups is 1. The number of pyridine rings is 1. The molecule has 39 heavy (non-hydrogen) atoms. The van der Waals surface area contributed by atoms with Crippen molar-refractivity contribution in [1.29, 1.82) is 0 Å². The Morgan fingerprint density at radius 3 is 2.49 bits per heavy atom. The molecule has 0 spiro atoms. The van der Waals surface area contributed by atoms with E-state index in [1.165, 1.54) is 11.8 Å². The molecular formula is C29H39ClN4O4S. The minimum absolute atomic E-state index is 0.114. The Kier molecular flexibility index (Phi) is 7.99. The van der Waals surface area contributed by atoms with Crippen LogP contribution in [0.15, 0.2) is 21.8 Å². The summed E-state index contributed by atoms with van der Waals surface area (Å²) in [5.74, 6) is 0.143. The number of aryl methyl sites for hydroxylation is 1. The van der Waals surface area contributed by atoms with Crippen molar-refractivity contribution in [1.82, 2.24) is 20.1 Å². The van der Waals surface area contributed by atoms with Crippen molar-refractivity contribution in [3.8, 4) is 11.5 Å². The summed E-state index contributed by atoms with van der Waals surface area (Å²) in [5, 5.41) is 3.25. The maximum atomic E-state index is 13.2. The molecule has 3 heterocycles. The number of rotatable bonds is 7. The number of nitrogens with zero attached hydrogens (tertiary/aromatic N) is 2. The van der Waals surface area contributed by atoms with Gasteiger partial charge in [0.2, 0.25) is 0 Å². The fraction of sp³-hybridized carbons (Fsp3) is 0.586. The quantitative estimate of drug-likeness (QED) is 0.468. The molecule has 5 rings (SSSR count). The molecule has 10 heteroatoms. The molecule has 1 amide bonds. The molecule has 1 aromatic carbocycles. The summed E-state index contributed by atoms with van der Waals surface area (Å²) in [6, 6.07) is 4.83. The Labute approximate surface area is 239 Å². The summed E-state index contributed by atoms with van der Waals surface area (Å²) in [6.07, 6.45) is 6.20. The largest absolute Gasteiger partial charge is 0.448 e. The van der Waals surface area contributed by atoms with E-state index in [1.54, 1.807) is 6.07 Å². The summed E-state index contributed by atoms with van der Waals surface area (Å²) < 4.78 is 12.9. The molecule has 2 fully saturated rings. The van der Waals surface area contributed by atoms with Gasteiger partial charge >= 0.3 is 0 Å². The highest BCUT2D eigenvalue weighted by molar-refractivity contribution is 7.98. The number of amides is 1. The van der Waals surface area contributed by atoms with Crippen LogP contribution in [0.25, 0.3) is 0 Å². The number of carbonyl (C=O) groups excluding carboxylic acids is 1. The van der Waals surface area contributed by atoms with Crippen molar-refractivity contribution in [2.45, 2.75) is 75.8 Å². The zero-order valence-electron chi connectivity index (χ0n) is 23.7. The molecule has 212 valence electrons. The van der Waals surface area contributed by atoms with Gasteiger partial charge in [0.15, 0.2) is 11.5 Å². The van der Waals surface area contributed by atoms with Crippen molar-refractivity contribution in [3.05, 3.63) is 49.9 Å². The summed E-state index contributed by atoms with van der Waals surface area (Å²) in [7, 11) is 4.31. The van der Waals surface area contributed by atoms with E-state index in [-0.39, 0.29) is 23.9 Å². The van der Waals surface area contributed by atoms with Crippen molar-refractivity contribution in [3.63, 3.8) is 0 Å². The number of aromatic nitrogens is 1. The van der Waals surface area contributed by atoms with Gasteiger partial charge in [0.1, 0.15) is 0 Å². The van der Waals surface area contributed by atoms with Crippen LogP contribution < -0.4 is 20.3 Å². The third kappa shape index (κ3) is 5.43. The first-order chi connectivity index (χ1) is 18.5. The highest BCUT2D eigenvalue weighted by atomic mass is 35.5. The van der Waals surface area contributed by atoms with Crippen LogP contribution in [-0.2, 0) is 6.54 Å². The molecule has 1 aliphatic carbocycles. The standard InChI is InChI=1S/C29H39ClN4O4S/c1-16-11-24(39-6)22(28(36)32-16)13-31-27(35)21-12-23(30)26-25(17(21)2)37-29(3,38-26)18-7-9-19(10-8-18)34-14-20(15-34)33(4)5/h11-12,18-20H,7-10,13-15H2,1-6H3,(H,31,35)(H,32,36). The zero-order chi connectivity index (χ0) is 28.1. The summed E-state index contributed by atoms with van der Waals surface area (Å²) >= 11 is 8.12. The van der Waals surface area contributed by atoms with Gasteiger partial charge in [-0.1, -0.05) is 11.6 Å². The van der Waals surface area contributed by atoms with Gasteiger partial charge in [-0.3, -0.25) is 14.5 Å². The number of halogens is 1. The number of H-pyrrole nitrogens is 1. The van der Waals surface area contributed by atoms with Crippen LogP contribution in [0.5, 0.6) is 11.5 Å². The lowest BCUT2D eigenvalue weighted by molar-refractivity contribution is -0.127. The number of benzene rings is 1. The molecule has 0 radical (unpaired) electrons. The van der Waals surface area contributed by atoms with E-state index in [1.807, 2.05) is 33.1 Å². The number of nitrogens with one attached hydrogen (secondary N) is 2. The van der Waals surface area contributed by atoms with Gasteiger partial charge in [-0.15, -0.1) is 11.8 Å². The SMILES string of the molecule is CSc1cc(C)[nH]c(=O)c1CNC(=O)c1cc(Cl)c2c(c1C)OC(C)(C1CCC(N3CC(N(C)C)C3)CC1)O2. The summed E-state index contributed by atoms with van der Waals surface area (Å²) in [6.45, 7) is 8.10. The van der Waals surface area contributed by atoms with E-state index in [4.69, 9.17) is 21.1 Å². The predicted molar refractivity (Wildman–Crippen MR) is 155 cm³/mol. The monoisotopic (exact) mass is 574 g/mol. The maximum absolute atomic E-state index is 13.2. The van der Waals surface area contributed by atoms with Gasteiger partial charge in [0.05, 0.1) is 5.02 Å². The lowest BCUT2D eigenvalue weighted by Gasteiger charge is -2.49. The van der Waals surface area contributed by atoms with Crippen molar-refractivity contribution in [2.24, 2.45) is 5.92 Å². The molecule has 1 aromatic heterocycles. The average Bonchev–Trinajstić information content (AvgIpc) is 3.24. The number of fused-ring (bicyclic) bond motifs is 1. The fourth-order valence-electron chi connectivity index (χ4n) is 6.13. The van der Waals surface area contributed by atoms with Crippen LogP contribution in [0.1, 0.15) is 59.8 Å². The van der Waals surface area contributed by atoms with Gasteiger partial charge in [-0.25, -0.2) is 0 Å². The second-order valence-electron chi connectivity index (χ2n) is 11.5. The van der Waals surface area contributed by atoms with E-state index in [0.29, 0.717) is 45.3 Å². The van der Waals surface area contributed by atoms with E-state index >= 15 is 0 Å². The fourth-order valence-corrected chi connectivity index (χ4v) is 7.07. The van der Waals surface area contributed by atoms with Crippen molar-refractivity contribution >= 4 is 29.3 Å². The Morgan fingerprint density at radius 2 is 1.85 bits per heavy atom. The molecule has 1 saturated carbocycles. The predicted octanol–water partition coefficient (Wildman–Crippen LogP) is 4.59. The van der Waals surface area contributed by atoms with Crippen LogP contribution in [0.3, 0.4) is 0 Å². The first-order valence-corrected chi connectivity index (χ1v) is 15.3. The first-order valence-electron chi connectivity index (χ1n) is 13.7. The van der Waals surface area contributed by atoms with E-state index in [0.717, 1.165) is 49.4 Å². The highest BCUT2D eigenvalue weighted by Gasteiger charge is 2.48. The van der Waals surface area contributed by atoms with Crippen LogP contribution in [0.2, 0.25) is 5.02 Å². The molecule has 0 bridgehead atoms. The third-order valence-corrected chi connectivity index (χ3v) is 9.83. The van der Waals surface area contributed by atoms with Crippen LogP contribution in [0.4, 0.5) is 0 Å². The van der Waals surface area contributed by atoms with Crippen LogP contribution in [-0.4, -0.2) is 72.0 Å². The number of hydrogen-bond donors (Lipinski definition) is 2. The molecule has 8 nitrogen and oxygen atoms in total. The average molecular weight is 575 g/mol. The Hall–Kier alpha value is -2.20. The third-order valence-electron chi connectivity index (χ3n) is 8.74. The van der Waals surface area contributed by atoms with Gasteiger partial charge in [-0.05, 0) is 72.0 Å². The maximum Gasteiger partial charge on any atom is 0.254 e. The highest BCUT2D eigenvalue weighted by Crippen LogP contribution is 2.52. The van der Waals surface area contributed by atoms with Crippen LogP contribution in [0, 0.1) is 19.8 Å². The lowest BCUT2D eigenvalue weighted by Crippen LogP contribution is -2.61. The lowest BCUT2D eigenvalue weighted by atomic mass is 9.80. The topological polar surface area (TPSA) is 86.9 Å². The Balaban J connectivity index is 1.26. The molecule has 1 unspecified atom stereocenters. The molecule has 1 saturated heterocycles. The smallest absolute Gasteiger partial charge is 0.254 e. The van der Waals surface area contributed by atoms with Crippen molar-refractivity contribution < 1.29 is 14.3 Å². The van der Waals surface area contributed by atoms with Crippen LogP contribution >= 0.6 is 23.4 Å². The molecule has 2 N–H and O–H groups in total. The van der Waals surface area contributed by atoms with Crippen molar-refractivity contribution in [2.75, 3.05) is 33.4 Å². The minimum Gasteiger partial charge on any atom is -0.448 e. The summed E-state index contributed by atoms with van der Waals surface area (Å²) in [5.41, 5.74) is 2.22. The normalized spacial score (nSPS) is 25.1. The molecule has 1 atom stereocenters. The number of likely N-dealkylation sites (N-methyl/N-ethyl adjacent to an activating group) is 1. The second-order valence-corrected chi connectivity index (χ2v) is 12.8. The number of carbonyl (C=O) groups is 1. The Bertz CT molecular complexity index is 1320. The molecular weight excluding hydrogens is 536 g/mol. The number of likely N-dealkylation sites (tertiary alicyclic amines) is 1. The van der Waals surface area contributed by atoms with Gasteiger partial charge in [0, 0.05) is 71.8 Å². The molecule has 2 aliphatic heterocycles. The van der Waals surface area contributed by atoms with Gasteiger partial charge in [0.25, 0.3) is 17.3 Å². The minimum atomic E-state index is -0.819. The second kappa shape index (κ2) is 11.0. The van der Waals surface area contributed by atoms with E-state index in [2.05, 4.69) is 34.2 Å². The Morgan fingerprint density at radius 1 is 1.18 bits per heavy atom. The molecule has 3 aliphatic rings. The molecule has 2 aromatic rings. The number of ether oxygens (including phenoxy) is 2.